The van der Waals surface area contributed by atoms with Crippen molar-refractivity contribution in [3.8, 4) is 0 Å². The molecule has 0 aromatic heterocycles. The van der Waals surface area contributed by atoms with Gasteiger partial charge in [-0.3, -0.25) is 4.90 Å². The minimum Gasteiger partial charge on any atom is -0.463 e. The van der Waals surface area contributed by atoms with Gasteiger partial charge in [-0.1, -0.05) is 17.7 Å². The summed E-state index contributed by atoms with van der Waals surface area (Å²) in [6.45, 7) is 5.64. The Kier molecular flexibility index (Phi) is 5.26. The van der Waals surface area contributed by atoms with E-state index >= 15 is 0 Å². The molecule has 1 atom stereocenters. The summed E-state index contributed by atoms with van der Waals surface area (Å²) in [4.78, 5) is 26.0. The number of nitrogens with one attached hydrogen (secondary N) is 1. The summed E-state index contributed by atoms with van der Waals surface area (Å²) >= 11 is 6.10. The Morgan fingerprint density at radius 1 is 1.43 bits per heavy atom. The van der Waals surface area contributed by atoms with E-state index in [2.05, 4.69) is 5.32 Å². The fourth-order valence-electron chi connectivity index (χ4n) is 2.64. The summed E-state index contributed by atoms with van der Waals surface area (Å²) in [5, 5.41) is 2.77. The Hall–Kier alpha value is -2.08. The highest BCUT2D eigenvalue weighted by Crippen LogP contribution is 2.36. The van der Waals surface area contributed by atoms with Crippen LogP contribution in [0, 0.1) is 5.82 Å². The number of nitrogens with zero attached hydrogens (tertiary/aromatic N) is 1. The Bertz CT molecular complexity index is 655. The molecule has 0 saturated carbocycles. The number of carbonyl (C=O) groups is 2. The molecule has 1 aromatic rings. The minimum atomic E-state index is -0.988. The predicted molar refractivity (Wildman–Crippen MR) is 84.4 cm³/mol. The molecule has 0 unspecified atom stereocenters. The van der Waals surface area contributed by atoms with Crippen molar-refractivity contribution in [2.24, 2.45) is 0 Å². The van der Waals surface area contributed by atoms with Crippen LogP contribution in [0.3, 0.4) is 0 Å². The first-order valence-corrected chi connectivity index (χ1v) is 7.69. The molecule has 0 spiro atoms. The second kappa shape index (κ2) is 7.00. The van der Waals surface area contributed by atoms with Crippen molar-refractivity contribution in [1.82, 2.24) is 10.2 Å². The molecule has 0 fully saturated rings. The lowest BCUT2D eigenvalue weighted by molar-refractivity contribution is -0.139. The number of benzene rings is 1. The van der Waals surface area contributed by atoms with Crippen LogP contribution in [0.2, 0.25) is 5.02 Å². The van der Waals surface area contributed by atoms with Crippen LogP contribution in [0.1, 0.15) is 32.4 Å². The van der Waals surface area contributed by atoms with Gasteiger partial charge in [0, 0.05) is 22.8 Å². The van der Waals surface area contributed by atoms with Crippen LogP contribution in [0.15, 0.2) is 29.5 Å². The SMILES string of the molecule is CCOC(=O)C1=C(C)N(CC)C(=O)N[C@@H]1c1c(F)cccc1Cl. The second-order valence-corrected chi connectivity index (χ2v) is 5.39. The molecule has 1 aliphatic rings. The van der Waals surface area contributed by atoms with Crippen LogP contribution in [0.5, 0.6) is 0 Å². The highest BCUT2D eigenvalue weighted by atomic mass is 35.5. The van der Waals surface area contributed by atoms with Gasteiger partial charge in [-0.25, -0.2) is 14.0 Å². The number of urea groups is 1. The number of carbonyl (C=O) groups excluding carboxylic acids is 2. The molecule has 1 aromatic carbocycles. The van der Waals surface area contributed by atoms with Gasteiger partial charge in [0.1, 0.15) is 5.82 Å². The molecule has 5 nitrogen and oxygen atoms in total. The van der Waals surface area contributed by atoms with Gasteiger partial charge in [0.05, 0.1) is 18.2 Å². The predicted octanol–water partition coefficient (Wildman–Crippen LogP) is 3.40. The molecule has 0 radical (unpaired) electrons. The Morgan fingerprint density at radius 2 is 2.13 bits per heavy atom. The maximum Gasteiger partial charge on any atom is 0.338 e. The molecule has 2 rings (SSSR count). The fraction of sp³-hybridized carbons (Fsp3) is 0.375. The Balaban J connectivity index is 2.63. The molecule has 1 aliphatic heterocycles. The first-order valence-electron chi connectivity index (χ1n) is 7.32. The molecule has 0 saturated heterocycles. The van der Waals surface area contributed by atoms with E-state index in [1.54, 1.807) is 20.8 Å². The summed E-state index contributed by atoms with van der Waals surface area (Å²) in [6.07, 6.45) is 0. The summed E-state index contributed by atoms with van der Waals surface area (Å²) in [7, 11) is 0. The first-order chi connectivity index (χ1) is 10.9. The Labute approximate surface area is 139 Å². The topological polar surface area (TPSA) is 58.6 Å². The van der Waals surface area contributed by atoms with Crippen molar-refractivity contribution in [2.75, 3.05) is 13.2 Å². The molecule has 1 N–H and O–H groups in total. The van der Waals surface area contributed by atoms with Crippen molar-refractivity contribution < 1.29 is 18.7 Å². The Morgan fingerprint density at radius 3 is 2.70 bits per heavy atom. The molecule has 0 bridgehead atoms. The van der Waals surface area contributed by atoms with Crippen molar-refractivity contribution >= 4 is 23.6 Å². The van der Waals surface area contributed by atoms with Gasteiger partial charge in [-0.15, -0.1) is 0 Å². The monoisotopic (exact) mass is 340 g/mol. The number of esters is 1. The molecule has 23 heavy (non-hydrogen) atoms. The van der Waals surface area contributed by atoms with Gasteiger partial charge in [0.2, 0.25) is 0 Å². The quantitative estimate of drug-likeness (QED) is 0.855. The average molecular weight is 341 g/mol. The lowest BCUT2D eigenvalue weighted by atomic mass is 9.94. The average Bonchev–Trinajstić information content (AvgIpc) is 2.47. The van der Waals surface area contributed by atoms with Crippen molar-refractivity contribution in [3.05, 3.63) is 45.9 Å². The van der Waals surface area contributed by atoms with Gasteiger partial charge in [-0.2, -0.15) is 0 Å². The lowest BCUT2D eigenvalue weighted by Crippen LogP contribution is -2.48. The molecule has 124 valence electrons. The summed E-state index contributed by atoms with van der Waals surface area (Å²) in [6, 6.07) is 2.80. The number of halogens is 2. The zero-order chi connectivity index (χ0) is 17.1. The van der Waals surface area contributed by atoms with Crippen LogP contribution < -0.4 is 5.32 Å². The zero-order valence-electron chi connectivity index (χ0n) is 13.2. The molecule has 1 heterocycles. The zero-order valence-corrected chi connectivity index (χ0v) is 13.9. The maximum absolute atomic E-state index is 14.3. The smallest absolute Gasteiger partial charge is 0.338 e. The van der Waals surface area contributed by atoms with Crippen LogP contribution in [-0.2, 0) is 9.53 Å². The van der Waals surface area contributed by atoms with E-state index in [0.717, 1.165) is 0 Å². The van der Waals surface area contributed by atoms with E-state index in [-0.39, 0.29) is 22.8 Å². The number of rotatable bonds is 4. The van der Waals surface area contributed by atoms with Crippen molar-refractivity contribution in [3.63, 3.8) is 0 Å². The largest absolute Gasteiger partial charge is 0.463 e. The number of ether oxygens (including phenoxy) is 1. The van der Waals surface area contributed by atoms with Gasteiger partial charge >= 0.3 is 12.0 Å². The second-order valence-electron chi connectivity index (χ2n) is 4.98. The van der Waals surface area contributed by atoms with E-state index in [1.807, 2.05) is 0 Å². The molecular formula is C16H18ClFN2O3. The van der Waals surface area contributed by atoms with Gasteiger partial charge < -0.3 is 10.1 Å². The fourth-order valence-corrected chi connectivity index (χ4v) is 2.91. The third-order valence-electron chi connectivity index (χ3n) is 3.70. The molecule has 7 heteroatoms. The van der Waals surface area contributed by atoms with E-state index < -0.39 is 23.9 Å². The highest BCUT2D eigenvalue weighted by Gasteiger charge is 2.37. The van der Waals surface area contributed by atoms with Gasteiger partial charge in [0.25, 0.3) is 0 Å². The highest BCUT2D eigenvalue weighted by molar-refractivity contribution is 6.31. The van der Waals surface area contributed by atoms with E-state index in [1.165, 1.54) is 23.1 Å². The summed E-state index contributed by atoms with van der Waals surface area (Å²) in [5.41, 5.74) is 0.667. The summed E-state index contributed by atoms with van der Waals surface area (Å²) < 4.78 is 19.3. The summed E-state index contributed by atoms with van der Waals surface area (Å²) in [5.74, 6) is -1.20. The van der Waals surface area contributed by atoms with E-state index in [4.69, 9.17) is 16.3 Å². The third-order valence-corrected chi connectivity index (χ3v) is 4.03. The van der Waals surface area contributed by atoms with Crippen molar-refractivity contribution in [2.45, 2.75) is 26.8 Å². The molecular weight excluding hydrogens is 323 g/mol. The van der Waals surface area contributed by atoms with Crippen molar-refractivity contribution in [1.29, 1.82) is 0 Å². The number of hydrogen-bond acceptors (Lipinski definition) is 3. The maximum atomic E-state index is 14.3. The first kappa shape index (κ1) is 17.3. The number of hydrogen-bond donors (Lipinski definition) is 1. The normalized spacial score (nSPS) is 18.0. The number of amides is 2. The van der Waals surface area contributed by atoms with Crippen LogP contribution in [0.25, 0.3) is 0 Å². The van der Waals surface area contributed by atoms with Crippen LogP contribution in [-0.4, -0.2) is 30.1 Å². The van der Waals surface area contributed by atoms with Crippen LogP contribution >= 0.6 is 11.6 Å². The van der Waals surface area contributed by atoms with E-state index in [9.17, 15) is 14.0 Å². The van der Waals surface area contributed by atoms with Crippen LogP contribution in [0.4, 0.5) is 9.18 Å². The standard InChI is InChI=1S/C16H18ClFN2O3/c1-4-20-9(3)12(15(21)23-5-2)14(19-16(20)22)13-10(17)7-6-8-11(13)18/h6-8,14H,4-5H2,1-3H3,(H,19,22)/t14-/m0/s1. The van der Waals surface area contributed by atoms with Gasteiger partial charge in [-0.05, 0) is 32.9 Å². The molecule has 0 aliphatic carbocycles. The lowest BCUT2D eigenvalue weighted by Gasteiger charge is -2.35. The third kappa shape index (κ3) is 3.17. The molecule has 2 amide bonds. The van der Waals surface area contributed by atoms with E-state index in [0.29, 0.717) is 12.2 Å². The van der Waals surface area contributed by atoms with Gasteiger partial charge in [0.15, 0.2) is 0 Å². The number of allylic oxidation sites excluding steroid dienone is 1. The minimum absolute atomic E-state index is 0.0562.